The summed E-state index contributed by atoms with van der Waals surface area (Å²) >= 11 is 0. The van der Waals surface area contributed by atoms with E-state index in [9.17, 15) is 9.90 Å². The molecule has 0 spiro atoms. The Balaban J connectivity index is 0. The average Bonchev–Trinajstić information content (AvgIpc) is 3.43. The van der Waals surface area contributed by atoms with Crippen LogP contribution in [0.25, 0.3) is 0 Å². The zero-order valence-electron chi connectivity index (χ0n) is 30.5. The van der Waals surface area contributed by atoms with Crippen LogP contribution in [-0.2, 0) is 9.53 Å². The minimum absolute atomic E-state index is 0. The molecule has 4 fully saturated rings. The van der Waals surface area contributed by atoms with Gasteiger partial charge in [0.15, 0.2) is 0 Å². The van der Waals surface area contributed by atoms with Crippen molar-refractivity contribution < 1.29 is 19.7 Å². The highest BCUT2D eigenvalue weighted by Crippen LogP contribution is 2.67. The summed E-state index contributed by atoms with van der Waals surface area (Å²) in [5.41, 5.74) is 5.41. The van der Waals surface area contributed by atoms with Gasteiger partial charge in [-0.15, -0.1) is 12.3 Å². The maximum Gasteiger partial charge on any atom is 0.142 e. The minimum Gasteiger partial charge on any atom is -0.447 e. The molecule has 0 amide bonds. The van der Waals surface area contributed by atoms with Crippen molar-refractivity contribution in [1.82, 2.24) is 10.6 Å². The maximum absolute atomic E-state index is 11.4. The van der Waals surface area contributed by atoms with Crippen LogP contribution in [0, 0.1) is 65.3 Å². The van der Waals surface area contributed by atoms with Gasteiger partial charge in [0.05, 0.1) is 25.5 Å². The highest BCUT2D eigenvalue weighted by atomic mass is 16.5. The molecule has 7 unspecified atom stereocenters. The summed E-state index contributed by atoms with van der Waals surface area (Å²) in [6.45, 7) is 12.0. The second kappa shape index (κ2) is 27.0. The van der Waals surface area contributed by atoms with Crippen LogP contribution in [0.4, 0.5) is 0 Å². The number of aliphatic hydroxyl groups excluding tert-OH is 2. The Morgan fingerprint density at radius 1 is 1.06 bits per heavy atom. The van der Waals surface area contributed by atoms with E-state index in [1.54, 1.807) is 6.08 Å². The van der Waals surface area contributed by atoms with Crippen LogP contribution in [0.3, 0.4) is 0 Å². The number of aldehydes is 1. The third-order valence-electron chi connectivity index (χ3n) is 11.4. The van der Waals surface area contributed by atoms with Gasteiger partial charge >= 0.3 is 0 Å². The van der Waals surface area contributed by atoms with E-state index >= 15 is 0 Å². The molecule has 0 bridgehead atoms. The standard InChI is InChI=1S/C25H40O2.C6H12N2.C4H6O.C2H7NO.C2H6.CH4/c1-24-15-7-6-9-18(24)11-13-20-21-14-12-19(10-5-3-4-8-16-26)25(21,2)23(27)17-22(20)24;1-4-5-6(7-2)8-3;1-3-5-4-2;3-1-2-4;1-2;/h4,8,16,18-23,27H,3,5-7,9-15,17H2,1-2H3;1,6-8H,5H2,2-3H3;1H,4H2,2H3;4H,1-3H2;1-2H3;1H4/b8-4+;;;;;/t18?,19?,20?,21?,22?,23?,24-,25?;;;;;/m1...../s1. The van der Waals surface area contributed by atoms with Crippen LogP contribution < -0.4 is 16.4 Å². The van der Waals surface area contributed by atoms with Crippen LogP contribution in [0.15, 0.2) is 12.2 Å². The van der Waals surface area contributed by atoms with E-state index in [-0.39, 0.29) is 31.7 Å². The summed E-state index contributed by atoms with van der Waals surface area (Å²) in [5.74, 6) is 6.49. The molecule has 8 atom stereocenters. The fourth-order valence-electron chi connectivity index (χ4n) is 9.04. The first kappa shape index (κ1) is 47.2. The Kier molecular flexibility index (Phi) is 27.2. The number of carbonyl (C=O) groups excluding carboxylic acids is 1. The van der Waals surface area contributed by atoms with Gasteiger partial charge in [-0.25, -0.2) is 0 Å². The number of terminal acetylenes is 2. The number of hydrogen-bond acceptors (Lipinski definition) is 7. The predicted molar refractivity (Wildman–Crippen MR) is 200 cm³/mol. The van der Waals surface area contributed by atoms with Crippen molar-refractivity contribution in [1.29, 1.82) is 0 Å². The lowest BCUT2D eigenvalue weighted by atomic mass is 9.44. The van der Waals surface area contributed by atoms with E-state index < -0.39 is 0 Å². The Hall–Kier alpha value is -1.87. The number of nitrogens with one attached hydrogen (secondary N) is 2. The van der Waals surface area contributed by atoms with Crippen LogP contribution in [-0.4, -0.2) is 62.6 Å². The van der Waals surface area contributed by atoms with Crippen molar-refractivity contribution in [2.75, 3.05) is 33.9 Å². The Morgan fingerprint density at radius 2 is 1.72 bits per heavy atom. The van der Waals surface area contributed by atoms with Gasteiger partial charge in [-0.1, -0.05) is 60.5 Å². The number of aliphatic hydroxyl groups is 2. The van der Waals surface area contributed by atoms with Gasteiger partial charge < -0.3 is 31.3 Å². The first-order valence-corrected chi connectivity index (χ1v) is 18.1. The van der Waals surface area contributed by atoms with Gasteiger partial charge in [0.1, 0.15) is 12.4 Å². The Bertz CT molecular complexity index is 893. The van der Waals surface area contributed by atoms with Crippen molar-refractivity contribution in [2.45, 2.75) is 138 Å². The van der Waals surface area contributed by atoms with Gasteiger partial charge in [0, 0.05) is 13.0 Å². The Labute approximate surface area is 291 Å². The summed E-state index contributed by atoms with van der Waals surface area (Å²) in [6.07, 6.45) is 32.7. The van der Waals surface area contributed by atoms with Crippen molar-refractivity contribution in [3.05, 3.63) is 12.2 Å². The van der Waals surface area contributed by atoms with Crippen molar-refractivity contribution in [2.24, 2.45) is 46.2 Å². The first-order chi connectivity index (χ1) is 22.2. The van der Waals surface area contributed by atoms with Gasteiger partial charge in [-0.3, -0.25) is 4.79 Å². The molecule has 6 N–H and O–H groups in total. The molecule has 0 aromatic heterocycles. The zero-order valence-corrected chi connectivity index (χ0v) is 30.5. The second-order valence-corrected chi connectivity index (χ2v) is 13.4. The molecule has 0 aromatic carbocycles. The Morgan fingerprint density at radius 3 is 2.21 bits per heavy atom. The normalized spacial score (nSPS) is 31.3. The van der Waals surface area contributed by atoms with E-state index in [0.29, 0.717) is 24.5 Å². The molecule has 4 saturated carbocycles. The molecule has 7 heteroatoms. The molecule has 4 aliphatic carbocycles. The second-order valence-electron chi connectivity index (χ2n) is 13.4. The van der Waals surface area contributed by atoms with Crippen LogP contribution in [0.1, 0.15) is 126 Å². The third kappa shape index (κ3) is 13.9. The van der Waals surface area contributed by atoms with Gasteiger partial charge in [-0.2, -0.15) is 0 Å². The molecule has 0 saturated heterocycles. The largest absolute Gasteiger partial charge is 0.447 e. The summed E-state index contributed by atoms with van der Waals surface area (Å²) in [6, 6.07) is 0. The lowest BCUT2D eigenvalue weighted by molar-refractivity contribution is -0.164. The molecule has 7 nitrogen and oxygen atoms in total. The van der Waals surface area contributed by atoms with E-state index in [4.69, 9.17) is 17.3 Å². The first-order valence-electron chi connectivity index (χ1n) is 18.1. The fraction of sp³-hybridized carbons (Fsp3) is 0.825. The predicted octanol–water partition coefficient (Wildman–Crippen LogP) is 6.92. The lowest BCUT2D eigenvalue weighted by Crippen LogP contribution is -2.57. The molecule has 4 aliphatic rings. The highest BCUT2D eigenvalue weighted by Gasteiger charge is 2.62. The molecule has 0 radical (unpaired) electrons. The maximum atomic E-state index is 11.4. The monoisotopic (exact) mass is 662 g/mol. The number of unbranched alkanes of at least 4 members (excludes halogenated alkanes) is 1. The zero-order chi connectivity index (χ0) is 35.0. The number of hydrogen-bond donors (Lipinski definition) is 5. The van der Waals surface area contributed by atoms with Gasteiger partial charge in [-0.05, 0) is 132 Å². The molecule has 0 aliphatic heterocycles. The van der Waals surface area contributed by atoms with E-state index in [1.165, 1.54) is 57.8 Å². The average molecular weight is 662 g/mol. The minimum atomic E-state index is -0.112. The van der Waals surface area contributed by atoms with Crippen molar-refractivity contribution in [3.63, 3.8) is 0 Å². The number of nitrogens with two attached hydrogens (primary N) is 1. The van der Waals surface area contributed by atoms with Crippen molar-refractivity contribution in [3.8, 4) is 24.9 Å². The summed E-state index contributed by atoms with van der Waals surface area (Å²) in [4.78, 5) is 10.4. The quantitative estimate of drug-likeness (QED) is 0.0568. The number of ether oxygens (including phenoxy) is 1. The molecule has 274 valence electrons. The summed E-state index contributed by atoms with van der Waals surface area (Å²) in [7, 11) is 3.75. The highest BCUT2D eigenvalue weighted by molar-refractivity contribution is 5.64. The van der Waals surface area contributed by atoms with E-state index in [2.05, 4.69) is 41.6 Å². The smallest absolute Gasteiger partial charge is 0.142 e. The SMILES string of the molecule is C.C#CCC(NC)NC.C#COCC.CC.CC12C(O)CC3C(CCC4CCCC[C@]43C)C1CCC2CCC/C=C/C=O.NCCO. The molecular formula is C40H75N3O4. The number of carbonyl (C=O) groups is 1. The van der Waals surface area contributed by atoms with Crippen LogP contribution in [0.5, 0.6) is 0 Å². The molecule has 4 rings (SSSR count). The third-order valence-corrected chi connectivity index (χ3v) is 11.4. The number of rotatable bonds is 10. The molecule has 0 heterocycles. The summed E-state index contributed by atoms with van der Waals surface area (Å²) in [5, 5.41) is 25.2. The van der Waals surface area contributed by atoms with Crippen LogP contribution >= 0.6 is 0 Å². The molecule has 0 aromatic rings. The fourth-order valence-corrected chi connectivity index (χ4v) is 9.04. The van der Waals surface area contributed by atoms with Crippen LogP contribution in [0.2, 0.25) is 0 Å². The topological polar surface area (TPSA) is 117 Å². The molecule has 47 heavy (non-hydrogen) atoms. The molecular weight excluding hydrogens is 586 g/mol. The lowest BCUT2D eigenvalue weighted by Gasteiger charge is -2.62. The number of fused-ring (bicyclic) bond motifs is 5. The van der Waals surface area contributed by atoms with E-state index in [0.717, 1.165) is 55.6 Å². The van der Waals surface area contributed by atoms with E-state index in [1.807, 2.05) is 47.0 Å². The van der Waals surface area contributed by atoms with Crippen molar-refractivity contribution >= 4 is 6.29 Å². The number of allylic oxidation sites excluding steroid dienone is 2. The van der Waals surface area contributed by atoms with Gasteiger partial charge in [0.2, 0.25) is 0 Å². The van der Waals surface area contributed by atoms with Gasteiger partial charge in [0.25, 0.3) is 0 Å². The summed E-state index contributed by atoms with van der Waals surface area (Å²) < 4.78 is 4.36.